The van der Waals surface area contributed by atoms with Crippen LogP contribution >= 0.6 is 11.6 Å². The van der Waals surface area contributed by atoms with E-state index in [1.807, 2.05) is 0 Å². The van der Waals surface area contributed by atoms with Crippen molar-refractivity contribution in [3.63, 3.8) is 0 Å². The molecule has 0 bridgehead atoms. The smallest absolute Gasteiger partial charge is 0.315 e. The van der Waals surface area contributed by atoms with Gasteiger partial charge in [-0.15, -0.1) is 0 Å². The quantitative estimate of drug-likeness (QED) is 0.924. The fourth-order valence-electron chi connectivity index (χ4n) is 1.40. The molecule has 0 spiro atoms. The lowest BCUT2D eigenvalue weighted by molar-refractivity contribution is -0.142. The van der Waals surface area contributed by atoms with Gasteiger partial charge in [0.05, 0.1) is 5.69 Å². The topological polar surface area (TPSA) is 63.3 Å². The number of aromatic nitrogens is 1. The first-order valence-corrected chi connectivity index (χ1v) is 5.74. The van der Waals surface area contributed by atoms with Crippen molar-refractivity contribution >= 4 is 17.6 Å². The lowest BCUT2D eigenvalue weighted by atomic mass is 9.90. The van der Waals surface area contributed by atoms with E-state index in [2.05, 4.69) is 4.98 Å². The summed E-state index contributed by atoms with van der Waals surface area (Å²) in [6.07, 6.45) is 1.37. The molecule has 0 atom stereocenters. The third-order valence-corrected chi connectivity index (χ3v) is 3.02. The number of oxazole rings is 1. The maximum absolute atomic E-state index is 11.1. The molecule has 2 aromatic rings. The van der Waals surface area contributed by atoms with Crippen molar-refractivity contribution in [1.82, 2.24) is 4.98 Å². The van der Waals surface area contributed by atoms with Crippen molar-refractivity contribution in [1.29, 1.82) is 0 Å². The van der Waals surface area contributed by atoms with E-state index < -0.39 is 11.4 Å². The lowest BCUT2D eigenvalue weighted by Gasteiger charge is -2.14. The van der Waals surface area contributed by atoms with E-state index in [4.69, 9.17) is 21.1 Å². The zero-order valence-electron chi connectivity index (χ0n) is 9.98. The van der Waals surface area contributed by atoms with Gasteiger partial charge in [-0.25, -0.2) is 4.98 Å². The van der Waals surface area contributed by atoms with Crippen LogP contribution in [0.5, 0.6) is 0 Å². The Kier molecular flexibility index (Phi) is 3.13. The molecule has 0 amide bonds. The molecule has 0 radical (unpaired) electrons. The average Bonchev–Trinajstić information content (AvgIpc) is 2.79. The summed E-state index contributed by atoms with van der Waals surface area (Å²) in [6.45, 7) is 3.16. The molecular weight excluding hydrogens is 254 g/mol. The molecule has 1 N–H and O–H groups in total. The van der Waals surface area contributed by atoms with Crippen molar-refractivity contribution < 1.29 is 14.3 Å². The summed E-state index contributed by atoms with van der Waals surface area (Å²) >= 11 is 5.79. The van der Waals surface area contributed by atoms with Crippen molar-refractivity contribution in [3.8, 4) is 11.5 Å². The number of rotatable bonds is 3. The van der Waals surface area contributed by atoms with Gasteiger partial charge in [-0.05, 0) is 38.1 Å². The van der Waals surface area contributed by atoms with Gasteiger partial charge >= 0.3 is 5.97 Å². The number of benzene rings is 1. The number of carbonyl (C=O) groups is 1. The van der Waals surface area contributed by atoms with Crippen LogP contribution in [0.15, 0.2) is 34.9 Å². The zero-order chi connectivity index (χ0) is 13.3. The third-order valence-electron chi connectivity index (χ3n) is 2.77. The molecule has 0 aliphatic rings. The Bertz CT molecular complexity index is 572. The molecule has 1 aromatic heterocycles. The van der Waals surface area contributed by atoms with Crippen LogP contribution in [0.25, 0.3) is 11.5 Å². The predicted octanol–water partition coefficient (Wildman–Crippen LogP) is 3.36. The summed E-state index contributed by atoms with van der Waals surface area (Å²) in [5.74, 6) is -0.561. The predicted molar refractivity (Wildman–Crippen MR) is 67.6 cm³/mol. The van der Waals surface area contributed by atoms with Crippen LogP contribution in [0.3, 0.4) is 0 Å². The molecule has 1 aromatic carbocycles. The molecule has 1 heterocycles. The van der Waals surface area contributed by atoms with E-state index in [1.165, 1.54) is 6.26 Å². The monoisotopic (exact) mass is 265 g/mol. The number of carboxylic acids is 1. The molecule has 0 aliphatic carbocycles. The highest BCUT2D eigenvalue weighted by Crippen LogP contribution is 2.27. The fourth-order valence-corrected chi connectivity index (χ4v) is 1.52. The van der Waals surface area contributed by atoms with E-state index in [1.54, 1.807) is 38.1 Å². The molecule has 5 heteroatoms. The molecule has 0 unspecified atom stereocenters. The van der Waals surface area contributed by atoms with E-state index in [0.29, 0.717) is 16.6 Å². The van der Waals surface area contributed by atoms with Crippen LogP contribution in [-0.2, 0) is 10.2 Å². The molecular formula is C13H12ClNO3. The van der Waals surface area contributed by atoms with Gasteiger partial charge in [-0.2, -0.15) is 0 Å². The summed E-state index contributed by atoms with van der Waals surface area (Å²) in [7, 11) is 0. The number of halogens is 1. The van der Waals surface area contributed by atoms with Crippen molar-refractivity contribution in [2.75, 3.05) is 0 Å². The molecule has 0 saturated carbocycles. The first-order chi connectivity index (χ1) is 8.41. The summed E-state index contributed by atoms with van der Waals surface area (Å²) in [5.41, 5.74) is 0.0700. The Hall–Kier alpha value is -1.81. The highest BCUT2D eigenvalue weighted by atomic mass is 35.5. The Morgan fingerprint density at radius 3 is 2.50 bits per heavy atom. The number of hydrogen-bond acceptors (Lipinski definition) is 3. The molecule has 4 nitrogen and oxygen atoms in total. The highest BCUT2D eigenvalue weighted by Gasteiger charge is 2.33. The van der Waals surface area contributed by atoms with Gasteiger partial charge in [0.15, 0.2) is 0 Å². The SMILES string of the molecule is CC(C)(C(=O)O)c1coc(-c2ccc(Cl)cc2)n1. The van der Waals surface area contributed by atoms with Crippen molar-refractivity contribution in [2.24, 2.45) is 0 Å². The van der Waals surface area contributed by atoms with E-state index in [9.17, 15) is 4.79 Å². The van der Waals surface area contributed by atoms with Gasteiger partial charge in [0.25, 0.3) is 0 Å². The number of nitrogens with zero attached hydrogens (tertiary/aromatic N) is 1. The zero-order valence-corrected chi connectivity index (χ0v) is 10.7. The third kappa shape index (κ3) is 2.24. The molecule has 0 aliphatic heterocycles. The summed E-state index contributed by atoms with van der Waals surface area (Å²) in [4.78, 5) is 15.3. The van der Waals surface area contributed by atoms with Gasteiger partial charge in [0, 0.05) is 10.6 Å². The van der Waals surface area contributed by atoms with Gasteiger partial charge in [-0.3, -0.25) is 4.79 Å². The Morgan fingerprint density at radius 1 is 1.33 bits per heavy atom. The Morgan fingerprint density at radius 2 is 1.94 bits per heavy atom. The van der Waals surface area contributed by atoms with Gasteiger partial charge < -0.3 is 9.52 Å². The minimum Gasteiger partial charge on any atom is -0.481 e. The molecule has 0 saturated heterocycles. The normalized spacial score (nSPS) is 11.5. The molecule has 94 valence electrons. The van der Waals surface area contributed by atoms with Crippen LogP contribution in [0.1, 0.15) is 19.5 Å². The minimum atomic E-state index is -1.08. The first kappa shape index (κ1) is 12.6. The van der Waals surface area contributed by atoms with Gasteiger partial charge in [0.1, 0.15) is 11.7 Å². The molecule has 0 fully saturated rings. The first-order valence-electron chi connectivity index (χ1n) is 5.36. The van der Waals surface area contributed by atoms with E-state index in [0.717, 1.165) is 5.56 Å². The van der Waals surface area contributed by atoms with Crippen LogP contribution in [-0.4, -0.2) is 16.1 Å². The fraction of sp³-hybridized carbons (Fsp3) is 0.231. The van der Waals surface area contributed by atoms with Crippen LogP contribution in [0.2, 0.25) is 5.02 Å². The average molecular weight is 266 g/mol. The van der Waals surface area contributed by atoms with E-state index in [-0.39, 0.29) is 0 Å². The van der Waals surface area contributed by atoms with E-state index >= 15 is 0 Å². The van der Waals surface area contributed by atoms with Crippen LogP contribution in [0.4, 0.5) is 0 Å². The van der Waals surface area contributed by atoms with Crippen molar-refractivity contribution in [2.45, 2.75) is 19.3 Å². The minimum absolute atomic E-state index is 0.385. The maximum Gasteiger partial charge on any atom is 0.315 e. The largest absolute Gasteiger partial charge is 0.481 e. The second kappa shape index (κ2) is 4.46. The number of hydrogen-bond donors (Lipinski definition) is 1. The summed E-state index contributed by atoms with van der Waals surface area (Å²) in [5, 5.41) is 9.73. The van der Waals surface area contributed by atoms with Crippen LogP contribution < -0.4 is 0 Å². The summed E-state index contributed by atoms with van der Waals surface area (Å²) in [6, 6.07) is 6.99. The second-order valence-electron chi connectivity index (χ2n) is 4.47. The standard InChI is InChI=1S/C13H12ClNO3/c1-13(2,12(16)17)10-7-18-11(15-10)8-3-5-9(14)6-4-8/h3-7H,1-2H3,(H,16,17). The molecule has 2 rings (SSSR count). The number of carboxylic acid groups (broad SMARTS) is 1. The van der Waals surface area contributed by atoms with Gasteiger partial charge in [0.2, 0.25) is 5.89 Å². The highest BCUT2D eigenvalue weighted by molar-refractivity contribution is 6.30. The second-order valence-corrected chi connectivity index (χ2v) is 4.91. The van der Waals surface area contributed by atoms with Gasteiger partial charge in [-0.1, -0.05) is 11.6 Å². The Labute approximate surface area is 109 Å². The van der Waals surface area contributed by atoms with Crippen molar-refractivity contribution in [3.05, 3.63) is 41.2 Å². The maximum atomic E-state index is 11.1. The van der Waals surface area contributed by atoms with Crippen LogP contribution in [0, 0.1) is 0 Å². The molecule has 18 heavy (non-hydrogen) atoms. The number of aliphatic carboxylic acids is 1. The summed E-state index contributed by atoms with van der Waals surface area (Å²) < 4.78 is 5.31. The lowest BCUT2D eigenvalue weighted by Crippen LogP contribution is -2.28. The Balaban J connectivity index is 2.37.